The molecule has 0 saturated carbocycles. The third-order valence-corrected chi connectivity index (χ3v) is 7.84. The molecule has 3 amide bonds. The molecule has 42 heavy (non-hydrogen) atoms. The number of hydrogen-bond acceptors (Lipinski definition) is 8. The minimum Gasteiger partial charge on any atom is -0.443 e. The van der Waals surface area contributed by atoms with Gasteiger partial charge in [-0.05, 0) is 76.9 Å². The van der Waals surface area contributed by atoms with E-state index in [0.717, 1.165) is 17.7 Å². The Morgan fingerprint density at radius 3 is 2.64 bits per heavy atom. The number of hydrogen-bond donors (Lipinski definition) is 5. The van der Waals surface area contributed by atoms with Crippen LogP contribution in [-0.4, -0.2) is 71.6 Å². The van der Waals surface area contributed by atoms with E-state index < -0.39 is 36.2 Å². The minimum atomic E-state index is -1.19. The lowest BCUT2D eigenvalue weighted by Crippen LogP contribution is -2.44. The molecule has 0 aromatic heterocycles. The molecule has 0 unspecified atom stereocenters. The van der Waals surface area contributed by atoms with Crippen molar-refractivity contribution in [2.45, 2.75) is 115 Å². The summed E-state index contributed by atoms with van der Waals surface area (Å²) in [4.78, 5) is 26.7. The largest absolute Gasteiger partial charge is 0.443 e. The van der Waals surface area contributed by atoms with Crippen LogP contribution < -0.4 is 21.7 Å². The van der Waals surface area contributed by atoms with Crippen molar-refractivity contribution >= 4 is 12.1 Å². The number of nitrogens with one attached hydrogen (secondary N) is 3. The number of rotatable bonds is 7. The standard InChI is InChI=1S/C30H46FN5O6/c1-17-6-11-22(31)24(12-17)35-28(38)33-19-7-9-20(10-8-19)41-21-14-23(34-26(32)15-21)18-13-25(27(37)40-5)36(16-18)29(39)42-30(2,3)4/h7,12,15-17,20-23,25,27,34,37H,6,8-11,13-14,32H2,1-5H3,(H2,33,35,38)/t17-,20-,21+,22+,23+,25+,27+/m1/s1. The van der Waals surface area contributed by atoms with E-state index in [2.05, 4.69) is 16.0 Å². The first-order valence-electron chi connectivity index (χ1n) is 14.8. The molecular formula is C30H46FN5O6. The van der Waals surface area contributed by atoms with Gasteiger partial charge in [0, 0.05) is 31.1 Å². The van der Waals surface area contributed by atoms with Crippen LogP contribution in [0.1, 0.15) is 72.6 Å². The summed E-state index contributed by atoms with van der Waals surface area (Å²) in [6, 6.07) is -1.27. The van der Waals surface area contributed by atoms with Gasteiger partial charge < -0.3 is 41.0 Å². The third kappa shape index (κ3) is 8.48. The maximum absolute atomic E-state index is 14.2. The lowest BCUT2D eigenvalue weighted by atomic mass is 9.94. The highest BCUT2D eigenvalue weighted by Gasteiger charge is 2.40. The van der Waals surface area contributed by atoms with Gasteiger partial charge in [-0.15, -0.1) is 0 Å². The molecule has 0 aromatic rings. The van der Waals surface area contributed by atoms with Gasteiger partial charge in [-0.25, -0.2) is 14.0 Å². The van der Waals surface area contributed by atoms with Crippen LogP contribution in [0.4, 0.5) is 14.0 Å². The fourth-order valence-electron chi connectivity index (χ4n) is 5.73. The Hall–Kier alpha value is -3.09. The summed E-state index contributed by atoms with van der Waals surface area (Å²) in [5, 5.41) is 19.2. The first-order chi connectivity index (χ1) is 19.8. The normalized spacial score (nSPS) is 30.7. The van der Waals surface area contributed by atoms with Gasteiger partial charge in [-0.2, -0.15) is 0 Å². The number of amides is 3. The molecule has 11 nitrogen and oxygen atoms in total. The zero-order chi connectivity index (χ0) is 30.6. The molecule has 12 heteroatoms. The van der Waals surface area contributed by atoms with E-state index in [1.807, 2.05) is 19.1 Å². The summed E-state index contributed by atoms with van der Waals surface area (Å²) < 4.78 is 31.2. The number of nitrogens with zero attached hydrogens (tertiary/aromatic N) is 1. The van der Waals surface area contributed by atoms with Crippen LogP contribution >= 0.6 is 0 Å². The zero-order valence-electron chi connectivity index (χ0n) is 25.2. The van der Waals surface area contributed by atoms with Gasteiger partial charge in [-0.1, -0.05) is 19.1 Å². The maximum Gasteiger partial charge on any atom is 0.414 e. The van der Waals surface area contributed by atoms with Crippen molar-refractivity contribution in [3.8, 4) is 0 Å². The summed E-state index contributed by atoms with van der Waals surface area (Å²) >= 11 is 0. The molecule has 2 aliphatic carbocycles. The number of carbonyl (C=O) groups is 2. The van der Waals surface area contributed by atoms with Crippen LogP contribution in [0.25, 0.3) is 0 Å². The predicted molar refractivity (Wildman–Crippen MR) is 155 cm³/mol. The van der Waals surface area contributed by atoms with Crippen LogP contribution in [0.3, 0.4) is 0 Å². The topological polar surface area (TPSA) is 147 Å². The Kier molecular flexibility index (Phi) is 10.2. The van der Waals surface area contributed by atoms with Crippen LogP contribution in [0.15, 0.2) is 47.2 Å². The van der Waals surface area contributed by atoms with Gasteiger partial charge >= 0.3 is 12.1 Å². The molecule has 4 aliphatic rings. The fourth-order valence-corrected chi connectivity index (χ4v) is 5.73. The second-order valence-corrected chi connectivity index (χ2v) is 12.6. The first-order valence-corrected chi connectivity index (χ1v) is 14.8. The number of halogens is 1. The Labute approximate surface area is 247 Å². The number of ether oxygens (including phenoxy) is 3. The summed E-state index contributed by atoms with van der Waals surface area (Å²) in [7, 11) is 1.39. The van der Waals surface area contributed by atoms with Gasteiger partial charge in [0.05, 0.1) is 30.1 Å². The van der Waals surface area contributed by atoms with E-state index in [-0.39, 0.29) is 24.2 Å². The number of aliphatic hydroxyl groups is 1. The van der Waals surface area contributed by atoms with E-state index in [9.17, 15) is 19.1 Å². The Bertz CT molecular complexity index is 1130. The van der Waals surface area contributed by atoms with Crippen molar-refractivity contribution in [3.05, 3.63) is 47.2 Å². The van der Waals surface area contributed by atoms with Gasteiger partial charge in [-0.3, -0.25) is 4.90 Å². The predicted octanol–water partition coefficient (Wildman–Crippen LogP) is 3.78. The number of aliphatic hydroxyl groups excluding tert-OH is 1. The molecule has 0 radical (unpaired) electrons. The van der Waals surface area contributed by atoms with Crippen molar-refractivity contribution in [1.29, 1.82) is 0 Å². The molecule has 0 saturated heterocycles. The Morgan fingerprint density at radius 2 is 1.98 bits per heavy atom. The van der Waals surface area contributed by atoms with Gasteiger partial charge in [0.15, 0.2) is 6.29 Å². The SMILES string of the molecule is CO[C@H](O)[C@@H]1CC([C@@H]2C[C@H](O[C@@H]3CC=C(NC(=O)NC4=C[C@H](C)CC[C@@H]4F)CC3)C=C(N)N2)=CN1C(=O)OC(C)(C)C. The van der Waals surface area contributed by atoms with E-state index in [4.69, 9.17) is 19.9 Å². The Morgan fingerprint density at radius 1 is 1.21 bits per heavy atom. The molecule has 234 valence electrons. The van der Waals surface area contributed by atoms with Crippen molar-refractivity contribution in [3.63, 3.8) is 0 Å². The molecule has 0 bridgehead atoms. The highest BCUT2D eigenvalue weighted by molar-refractivity contribution is 5.78. The van der Waals surface area contributed by atoms with E-state index >= 15 is 0 Å². The molecule has 2 heterocycles. The van der Waals surface area contributed by atoms with Gasteiger partial charge in [0.25, 0.3) is 0 Å². The smallest absolute Gasteiger partial charge is 0.414 e. The van der Waals surface area contributed by atoms with E-state index in [1.54, 1.807) is 33.0 Å². The molecule has 4 rings (SSSR count). The second-order valence-electron chi connectivity index (χ2n) is 12.6. The maximum atomic E-state index is 14.2. The number of carbonyl (C=O) groups excluding carboxylic acids is 2. The molecular weight excluding hydrogens is 545 g/mol. The third-order valence-electron chi connectivity index (χ3n) is 7.84. The monoisotopic (exact) mass is 591 g/mol. The minimum absolute atomic E-state index is 0.0672. The van der Waals surface area contributed by atoms with Crippen molar-refractivity contribution in [2.24, 2.45) is 11.7 Å². The van der Waals surface area contributed by atoms with Gasteiger partial charge in [0.2, 0.25) is 0 Å². The van der Waals surface area contributed by atoms with Gasteiger partial charge in [0.1, 0.15) is 11.8 Å². The molecule has 0 spiro atoms. The summed E-state index contributed by atoms with van der Waals surface area (Å²) in [5.74, 6) is 0.712. The summed E-state index contributed by atoms with van der Waals surface area (Å²) in [6.45, 7) is 7.37. The van der Waals surface area contributed by atoms with Crippen LogP contribution in [0.2, 0.25) is 0 Å². The second kappa shape index (κ2) is 13.5. The zero-order valence-corrected chi connectivity index (χ0v) is 25.2. The Balaban J connectivity index is 1.33. The van der Waals surface area contributed by atoms with Crippen LogP contribution in [0, 0.1) is 5.92 Å². The summed E-state index contributed by atoms with van der Waals surface area (Å²) in [5.41, 5.74) is 7.53. The number of methoxy groups -OCH3 is 1. The van der Waals surface area contributed by atoms with Crippen molar-refractivity contribution in [2.75, 3.05) is 7.11 Å². The quantitative estimate of drug-likeness (QED) is 0.281. The average molecular weight is 592 g/mol. The lowest BCUT2D eigenvalue weighted by molar-refractivity contribution is -0.113. The summed E-state index contributed by atoms with van der Waals surface area (Å²) in [6.07, 6.45) is 8.14. The first kappa shape index (κ1) is 31.8. The molecule has 6 N–H and O–H groups in total. The van der Waals surface area contributed by atoms with Crippen LogP contribution in [0.5, 0.6) is 0 Å². The fraction of sp³-hybridized carbons (Fsp3) is 0.667. The van der Waals surface area contributed by atoms with Crippen molar-refractivity contribution < 1.29 is 33.3 Å². The highest BCUT2D eigenvalue weighted by Crippen LogP contribution is 2.33. The van der Waals surface area contributed by atoms with Crippen LogP contribution in [-0.2, 0) is 14.2 Å². The number of nitrogens with two attached hydrogens (primary N) is 1. The number of allylic oxidation sites excluding steroid dienone is 3. The van der Waals surface area contributed by atoms with E-state index in [1.165, 1.54) is 12.0 Å². The van der Waals surface area contributed by atoms with E-state index in [0.29, 0.717) is 50.0 Å². The molecule has 0 aromatic carbocycles. The number of alkyl halides is 1. The average Bonchev–Trinajstić information content (AvgIpc) is 3.36. The molecule has 7 atom stereocenters. The lowest BCUT2D eigenvalue weighted by Gasteiger charge is -2.33. The number of urea groups is 1. The molecule has 0 fully saturated rings. The van der Waals surface area contributed by atoms with Crippen molar-refractivity contribution in [1.82, 2.24) is 20.9 Å². The highest BCUT2D eigenvalue weighted by atomic mass is 19.1. The molecule has 2 aliphatic heterocycles.